The maximum atomic E-state index is 4.07. The molecule has 2 rings (SSSR count). The van der Waals surface area contributed by atoms with E-state index in [1.165, 1.54) is 11.1 Å². The van der Waals surface area contributed by atoms with Gasteiger partial charge in [0.15, 0.2) is 0 Å². The van der Waals surface area contributed by atoms with Crippen LogP contribution in [0.4, 0.5) is 0 Å². The molecule has 0 bridgehead atoms. The van der Waals surface area contributed by atoms with E-state index in [0.29, 0.717) is 0 Å². The van der Waals surface area contributed by atoms with E-state index in [2.05, 4.69) is 37.7 Å². The molecule has 0 aliphatic rings. The molecule has 12 heavy (non-hydrogen) atoms. The van der Waals surface area contributed by atoms with Gasteiger partial charge in [-0.15, -0.1) is 0 Å². The van der Waals surface area contributed by atoms with Crippen molar-refractivity contribution in [3.63, 3.8) is 0 Å². The fourth-order valence-electron chi connectivity index (χ4n) is 1.01. The van der Waals surface area contributed by atoms with Crippen LogP contribution in [-0.2, 0) is 0 Å². The van der Waals surface area contributed by atoms with Crippen LogP contribution in [0.5, 0.6) is 0 Å². The number of halogens is 1. The van der Waals surface area contributed by atoms with E-state index in [-0.39, 0.29) is 0 Å². The van der Waals surface area contributed by atoms with Crippen molar-refractivity contribution in [1.82, 2.24) is 4.98 Å². The molecule has 3 heteroatoms. The lowest BCUT2D eigenvalue weighted by molar-refractivity contribution is 1.28. The molecule has 0 atom stereocenters. The molecule has 0 aliphatic heterocycles. The number of aromatic nitrogens is 1. The van der Waals surface area contributed by atoms with Gasteiger partial charge in [-0.05, 0) is 56.0 Å². The van der Waals surface area contributed by atoms with Gasteiger partial charge in [0.2, 0.25) is 0 Å². The zero-order valence-electron chi connectivity index (χ0n) is 6.20. The molecule has 0 unspecified atom stereocenters. The lowest BCUT2D eigenvalue weighted by Gasteiger charge is -1.96. The van der Waals surface area contributed by atoms with E-state index in [1.54, 1.807) is 17.5 Å². The highest BCUT2D eigenvalue weighted by atomic mass is 79.9. The summed E-state index contributed by atoms with van der Waals surface area (Å²) in [6.45, 7) is 0. The first-order valence-electron chi connectivity index (χ1n) is 3.50. The van der Waals surface area contributed by atoms with E-state index >= 15 is 0 Å². The Balaban J connectivity index is 2.48. The van der Waals surface area contributed by atoms with Crippen molar-refractivity contribution in [3.8, 4) is 11.1 Å². The standard InChI is InChI=1S/C9H6BrNS/c10-9-5-7(1-3-11-9)8-2-4-12-6-8/h1-6H. The van der Waals surface area contributed by atoms with Crippen molar-refractivity contribution in [2.75, 3.05) is 0 Å². The summed E-state index contributed by atoms with van der Waals surface area (Å²) in [5.74, 6) is 0. The van der Waals surface area contributed by atoms with Gasteiger partial charge < -0.3 is 0 Å². The van der Waals surface area contributed by atoms with Crippen LogP contribution >= 0.6 is 27.3 Å². The zero-order valence-corrected chi connectivity index (χ0v) is 8.60. The fourth-order valence-corrected chi connectivity index (χ4v) is 2.04. The number of hydrogen-bond donors (Lipinski definition) is 0. The maximum Gasteiger partial charge on any atom is 0.106 e. The zero-order chi connectivity index (χ0) is 8.39. The lowest BCUT2D eigenvalue weighted by atomic mass is 10.1. The van der Waals surface area contributed by atoms with Crippen molar-refractivity contribution in [3.05, 3.63) is 39.8 Å². The third-order valence-corrected chi connectivity index (χ3v) is 2.70. The Morgan fingerprint density at radius 1 is 1.25 bits per heavy atom. The van der Waals surface area contributed by atoms with Crippen LogP contribution in [-0.4, -0.2) is 4.98 Å². The number of pyridine rings is 1. The van der Waals surface area contributed by atoms with Crippen LogP contribution in [0.1, 0.15) is 0 Å². The molecule has 1 nitrogen and oxygen atoms in total. The molecule has 0 aliphatic carbocycles. The summed E-state index contributed by atoms with van der Waals surface area (Å²) < 4.78 is 0.881. The van der Waals surface area contributed by atoms with Gasteiger partial charge in [-0.25, -0.2) is 4.98 Å². The van der Waals surface area contributed by atoms with Crippen molar-refractivity contribution < 1.29 is 0 Å². The van der Waals surface area contributed by atoms with E-state index in [1.807, 2.05) is 12.1 Å². The predicted molar refractivity (Wildman–Crippen MR) is 55.3 cm³/mol. The summed E-state index contributed by atoms with van der Waals surface area (Å²) in [6, 6.07) is 6.13. The SMILES string of the molecule is Brc1cc(-c2ccsc2)ccn1. The maximum absolute atomic E-state index is 4.07. The monoisotopic (exact) mass is 239 g/mol. The lowest BCUT2D eigenvalue weighted by Crippen LogP contribution is -1.76. The first-order valence-corrected chi connectivity index (χ1v) is 5.24. The summed E-state index contributed by atoms with van der Waals surface area (Å²) in [5.41, 5.74) is 2.46. The Labute approximate surface area is 83.2 Å². The summed E-state index contributed by atoms with van der Waals surface area (Å²) in [4.78, 5) is 4.07. The first kappa shape index (κ1) is 7.95. The van der Waals surface area contributed by atoms with Crippen molar-refractivity contribution in [1.29, 1.82) is 0 Å². The highest BCUT2D eigenvalue weighted by Crippen LogP contribution is 2.23. The van der Waals surface area contributed by atoms with Gasteiger partial charge in [0.05, 0.1) is 0 Å². The van der Waals surface area contributed by atoms with Gasteiger partial charge in [0.25, 0.3) is 0 Å². The molecule has 0 saturated carbocycles. The topological polar surface area (TPSA) is 12.9 Å². The molecule has 2 aromatic rings. The van der Waals surface area contributed by atoms with Crippen LogP contribution in [0.15, 0.2) is 39.8 Å². The second-order valence-electron chi connectivity index (χ2n) is 2.38. The van der Waals surface area contributed by atoms with E-state index in [4.69, 9.17) is 0 Å². The summed E-state index contributed by atoms with van der Waals surface area (Å²) in [6.07, 6.45) is 1.80. The van der Waals surface area contributed by atoms with Gasteiger partial charge in [0, 0.05) is 6.20 Å². The van der Waals surface area contributed by atoms with Crippen LogP contribution < -0.4 is 0 Å². The molecule has 0 spiro atoms. The Hall–Kier alpha value is -0.670. The number of hydrogen-bond acceptors (Lipinski definition) is 2. The second kappa shape index (κ2) is 3.37. The molecule has 2 heterocycles. The molecule has 0 saturated heterocycles. The molecule has 0 fully saturated rings. The van der Waals surface area contributed by atoms with E-state index in [9.17, 15) is 0 Å². The molecule has 60 valence electrons. The smallest absolute Gasteiger partial charge is 0.106 e. The Morgan fingerprint density at radius 3 is 2.83 bits per heavy atom. The minimum atomic E-state index is 0.881. The van der Waals surface area contributed by atoms with E-state index in [0.717, 1.165) is 4.60 Å². The average Bonchev–Trinajstić information content (AvgIpc) is 2.56. The Morgan fingerprint density at radius 2 is 2.17 bits per heavy atom. The third kappa shape index (κ3) is 1.57. The minimum absolute atomic E-state index is 0.881. The van der Waals surface area contributed by atoms with Crippen molar-refractivity contribution in [2.24, 2.45) is 0 Å². The van der Waals surface area contributed by atoms with E-state index < -0.39 is 0 Å². The average molecular weight is 240 g/mol. The van der Waals surface area contributed by atoms with Gasteiger partial charge in [-0.1, -0.05) is 0 Å². The van der Waals surface area contributed by atoms with Crippen LogP contribution in [0.3, 0.4) is 0 Å². The third-order valence-electron chi connectivity index (χ3n) is 1.58. The Bertz CT molecular complexity index is 370. The summed E-state index contributed by atoms with van der Waals surface area (Å²) in [5, 5.41) is 4.20. The molecule has 0 N–H and O–H groups in total. The summed E-state index contributed by atoms with van der Waals surface area (Å²) in [7, 11) is 0. The van der Waals surface area contributed by atoms with Crippen molar-refractivity contribution >= 4 is 27.3 Å². The predicted octanol–water partition coefficient (Wildman–Crippen LogP) is 3.57. The highest BCUT2D eigenvalue weighted by Gasteiger charge is 1.97. The quantitative estimate of drug-likeness (QED) is 0.694. The molecular weight excluding hydrogens is 234 g/mol. The van der Waals surface area contributed by atoms with Crippen molar-refractivity contribution in [2.45, 2.75) is 0 Å². The first-order chi connectivity index (χ1) is 5.86. The van der Waals surface area contributed by atoms with Crippen LogP contribution in [0.2, 0.25) is 0 Å². The number of nitrogens with zero attached hydrogens (tertiary/aromatic N) is 1. The molecule has 0 amide bonds. The van der Waals surface area contributed by atoms with Crippen LogP contribution in [0.25, 0.3) is 11.1 Å². The van der Waals surface area contributed by atoms with Gasteiger partial charge >= 0.3 is 0 Å². The number of rotatable bonds is 1. The Kier molecular flexibility index (Phi) is 2.23. The largest absolute Gasteiger partial charge is 0.249 e. The van der Waals surface area contributed by atoms with Gasteiger partial charge in [-0.2, -0.15) is 11.3 Å². The van der Waals surface area contributed by atoms with Crippen LogP contribution in [0, 0.1) is 0 Å². The normalized spacial score (nSPS) is 10.1. The fraction of sp³-hybridized carbons (Fsp3) is 0. The molecule has 0 radical (unpaired) electrons. The number of thiophene rings is 1. The second-order valence-corrected chi connectivity index (χ2v) is 3.97. The minimum Gasteiger partial charge on any atom is -0.249 e. The highest BCUT2D eigenvalue weighted by molar-refractivity contribution is 9.10. The summed E-state index contributed by atoms with van der Waals surface area (Å²) >= 11 is 5.04. The van der Waals surface area contributed by atoms with Gasteiger partial charge in [-0.3, -0.25) is 0 Å². The molecule has 0 aromatic carbocycles. The molecular formula is C9H6BrNS. The molecule has 2 aromatic heterocycles. The van der Waals surface area contributed by atoms with Gasteiger partial charge in [0.1, 0.15) is 4.60 Å².